The monoisotopic (exact) mass is 307 g/mol. The van der Waals surface area contributed by atoms with Crippen LogP contribution in [0, 0.1) is 0 Å². The second-order valence-corrected chi connectivity index (χ2v) is 6.33. The van der Waals surface area contributed by atoms with E-state index in [1.165, 1.54) is 12.8 Å². The van der Waals surface area contributed by atoms with E-state index in [9.17, 15) is 4.79 Å². The predicted molar refractivity (Wildman–Crippen MR) is 75.4 cm³/mol. The van der Waals surface area contributed by atoms with E-state index in [2.05, 4.69) is 22.9 Å². The molecule has 2 nitrogen and oxygen atoms in total. The highest BCUT2D eigenvalue weighted by Crippen LogP contribution is 2.26. The molecule has 0 N–H and O–H groups in total. The minimum Gasteiger partial charge on any atom is -0.341 e. The maximum atomic E-state index is 12.3. The van der Waals surface area contributed by atoms with E-state index in [-0.39, 0.29) is 5.25 Å². The van der Waals surface area contributed by atoms with Crippen LogP contribution >= 0.6 is 27.7 Å². The number of rotatable bonds is 6. The molecule has 1 amide bonds. The molecule has 0 aromatic heterocycles. The van der Waals surface area contributed by atoms with Gasteiger partial charge in [-0.3, -0.25) is 4.79 Å². The van der Waals surface area contributed by atoms with E-state index in [0.717, 1.165) is 43.4 Å². The number of alkyl halides is 1. The average Bonchev–Trinajstić information content (AvgIpc) is 2.35. The van der Waals surface area contributed by atoms with Gasteiger partial charge in [0.25, 0.3) is 0 Å². The molecule has 1 saturated heterocycles. The van der Waals surface area contributed by atoms with Crippen molar-refractivity contribution < 1.29 is 4.79 Å². The Morgan fingerprint density at radius 3 is 2.81 bits per heavy atom. The SMILES string of the molecule is CCCCN(CCBr)C(=O)C1CCCCS1. The molecule has 1 aliphatic heterocycles. The van der Waals surface area contributed by atoms with Gasteiger partial charge in [-0.25, -0.2) is 0 Å². The number of unbranched alkanes of at least 4 members (excludes halogenated alkanes) is 1. The topological polar surface area (TPSA) is 20.3 Å². The first-order chi connectivity index (χ1) is 7.79. The van der Waals surface area contributed by atoms with Crippen LogP contribution in [0.15, 0.2) is 0 Å². The third kappa shape index (κ3) is 4.66. The first kappa shape index (κ1) is 14.4. The van der Waals surface area contributed by atoms with Crippen molar-refractivity contribution in [3.8, 4) is 0 Å². The summed E-state index contributed by atoms with van der Waals surface area (Å²) in [6, 6.07) is 0. The summed E-state index contributed by atoms with van der Waals surface area (Å²) in [4.78, 5) is 14.3. The van der Waals surface area contributed by atoms with Crippen LogP contribution in [-0.4, -0.2) is 40.2 Å². The van der Waals surface area contributed by atoms with Crippen molar-refractivity contribution in [3.63, 3.8) is 0 Å². The Balaban J connectivity index is 2.44. The minimum atomic E-state index is 0.240. The van der Waals surface area contributed by atoms with Crippen molar-refractivity contribution in [2.45, 2.75) is 44.3 Å². The third-order valence-electron chi connectivity index (χ3n) is 2.90. The summed E-state index contributed by atoms with van der Waals surface area (Å²) < 4.78 is 0. The molecule has 0 spiro atoms. The Kier molecular flexibility index (Phi) is 7.54. The summed E-state index contributed by atoms with van der Waals surface area (Å²) in [6.45, 7) is 3.96. The van der Waals surface area contributed by atoms with Crippen molar-refractivity contribution >= 4 is 33.6 Å². The van der Waals surface area contributed by atoms with Gasteiger partial charge in [0.2, 0.25) is 5.91 Å². The van der Waals surface area contributed by atoms with Crippen LogP contribution < -0.4 is 0 Å². The minimum absolute atomic E-state index is 0.240. The number of nitrogens with zero attached hydrogens (tertiary/aromatic N) is 1. The fourth-order valence-electron chi connectivity index (χ4n) is 1.92. The zero-order valence-corrected chi connectivity index (χ0v) is 12.5. The molecule has 0 aliphatic carbocycles. The first-order valence-electron chi connectivity index (χ1n) is 6.26. The van der Waals surface area contributed by atoms with E-state index in [0.29, 0.717) is 5.91 Å². The number of halogens is 1. The number of hydrogen-bond acceptors (Lipinski definition) is 2. The second kappa shape index (κ2) is 8.40. The Hall–Kier alpha value is 0.300. The van der Waals surface area contributed by atoms with Gasteiger partial charge in [-0.1, -0.05) is 35.7 Å². The van der Waals surface area contributed by atoms with Gasteiger partial charge in [0.05, 0.1) is 5.25 Å². The normalized spacial score (nSPS) is 20.8. The molecule has 4 heteroatoms. The number of carbonyl (C=O) groups excluding carboxylic acids is 1. The number of thioether (sulfide) groups is 1. The molecule has 1 unspecified atom stereocenters. The maximum absolute atomic E-state index is 12.3. The highest BCUT2D eigenvalue weighted by atomic mass is 79.9. The fraction of sp³-hybridized carbons (Fsp3) is 0.917. The summed E-state index contributed by atoms with van der Waals surface area (Å²) in [6.07, 6.45) is 5.86. The van der Waals surface area contributed by atoms with Crippen LogP contribution in [0.4, 0.5) is 0 Å². The molecule has 0 radical (unpaired) electrons. The standard InChI is InChI=1S/C12H22BrNOS/c1-2-3-8-14(9-7-13)12(15)11-6-4-5-10-16-11/h11H,2-10H2,1H3. The van der Waals surface area contributed by atoms with Crippen molar-refractivity contribution in [1.29, 1.82) is 0 Å². The van der Waals surface area contributed by atoms with Crippen LogP contribution in [0.1, 0.15) is 39.0 Å². The Labute approximate surface area is 112 Å². The largest absolute Gasteiger partial charge is 0.341 e. The molecule has 1 heterocycles. The van der Waals surface area contributed by atoms with Gasteiger partial charge in [-0.15, -0.1) is 11.8 Å². The predicted octanol–water partition coefficient (Wildman–Crippen LogP) is 3.30. The molecule has 1 rings (SSSR count). The summed E-state index contributed by atoms with van der Waals surface area (Å²) in [5, 5.41) is 1.13. The second-order valence-electron chi connectivity index (χ2n) is 4.22. The molecule has 0 aromatic carbocycles. The van der Waals surface area contributed by atoms with Gasteiger partial charge in [0.1, 0.15) is 0 Å². The van der Waals surface area contributed by atoms with Crippen LogP contribution in [-0.2, 0) is 4.79 Å². The van der Waals surface area contributed by atoms with Crippen molar-refractivity contribution in [1.82, 2.24) is 4.90 Å². The van der Waals surface area contributed by atoms with Crippen molar-refractivity contribution in [2.75, 3.05) is 24.2 Å². The maximum Gasteiger partial charge on any atom is 0.235 e. The molecule has 1 atom stereocenters. The van der Waals surface area contributed by atoms with Crippen LogP contribution in [0.2, 0.25) is 0 Å². The highest BCUT2D eigenvalue weighted by molar-refractivity contribution is 9.09. The molecule has 94 valence electrons. The number of carbonyl (C=O) groups is 1. The van der Waals surface area contributed by atoms with Gasteiger partial charge < -0.3 is 4.90 Å². The molecule has 0 aromatic rings. The molecule has 1 fully saturated rings. The lowest BCUT2D eigenvalue weighted by atomic mass is 10.1. The van der Waals surface area contributed by atoms with Crippen molar-refractivity contribution in [2.24, 2.45) is 0 Å². The quantitative estimate of drug-likeness (QED) is 0.702. The van der Waals surface area contributed by atoms with Crippen LogP contribution in [0.5, 0.6) is 0 Å². The lowest BCUT2D eigenvalue weighted by molar-refractivity contribution is -0.130. The van der Waals surface area contributed by atoms with Gasteiger partial charge in [0.15, 0.2) is 0 Å². The molecule has 0 bridgehead atoms. The summed E-state index contributed by atoms with van der Waals surface area (Å²) in [7, 11) is 0. The highest BCUT2D eigenvalue weighted by Gasteiger charge is 2.25. The van der Waals surface area contributed by atoms with Gasteiger partial charge in [-0.05, 0) is 25.0 Å². The lowest BCUT2D eigenvalue weighted by Gasteiger charge is -2.28. The molecule has 1 aliphatic rings. The van der Waals surface area contributed by atoms with E-state index < -0.39 is 0 Å². The van der Waals surface area contributed by atoms with Gasteiger partial charge in [-0.2, -0.15) is 0 Å². The van der Waals surface area contributed by atoms with E-state index in [1.807, 2.05) is 16.7 Å². The molecule has 16 heavy (non-hydrogen) atoms. The van der Waals surface area contributed by atoms with E-state index in [4.69, 9.17) is 0 Å². The zero-order valence-electron chi connectivity index (χ0n) is 10.1. The summed E-state index contributed by atoms with van der Waals surface area (Å²) in [5.74, 6) is 1.53. The Bertz CT molecular complexity index is 207. The molecular formula is C12H22BrNOS. The lowest BCUT2D eigenvalue weighted by Crippen LogP contribution is -2.40. The third-order valence-corrected chi connectivity index (χ3v) is 4.62. The zero-order chi connectivity index (χ0) is 11.8. The Morgan fingerprint density at radius 2 is 2.25 bits per heavy atom. The van der Waals surface area contributed by atoms with E-state index >= 15 is 0 Å². The smallest absolute Gasteiger partial charge is 0.235 e. The van der Waals surface area contributed by atoms with Gasteiger partial charge in [0, 0.05) is 18.4 Å². The fourth-order valence-corrected chi connectivity index (χ4v) is 3.63. The molecule has 0 saturated carbocycles. The average molecular weight is 308 g/mol. The summed E-state index contributed by atoms with van der Waals surface area (Å²) >= 11 is 5.29. The van der Waals surface area contributed by atoms with Crippen molar-refractivity contribution in [3.05, 3.63) is 0 Å². The number of hydrogen-bond donors (Lipinski definition) is 0. The van der Waals surface area contributed by atoms with Crippen LogP contribution in [0.3, 0.4) is 0 Å². The number of amides is 1. The van der Waals surface area contributed by atoms with Gasteiger partial charge >= 0.3 is 0 Å². The first-order valence-corrected chi connectivity index (χ1v) is 8.43. The van der Waals surface area contributed by atoms with Crippen LogP contribution in [0.25, 0.3) is 0 Å². The molecular weight excluding hydrogens is 286 g/mol. The summed E-state index contributed by atoms with van der Waals surface area (Å²) in [5.41, 5.74) is 0. The van der Waals surface area contributed by atoms with E-state index in [1.54, 1.807) is 0 Å². The Morgan fingerprint density at radius 1 is 1.44 bits per heavy atom.